The standard InChI is InChI=1S/C20H23N3O2S.C6H8O7/c1-25-17-6-3-2-5-16(17)20(24)8-10-23(11-9-20)14-15-13-21-22-19(15)18-7-4-12-26-18;7-3(8)1-6(13,5(11)12)2-4(9)10/h2-7,12-13,24H,8-11,14H2,1H3,(H,21,22);13H,1-2H2,(H,7,8)(H,9,10)(H,11,12). The van der Waals surface area contributed by atoms with Gasteiger partial charge in [-0.3, -0.25) is 19.6 Å². The summed E-state index contributed by atoms with van der Waals surface area (Å²) in [6.45, 7) is 2.51. The van der Waals surface area contributed by atoms with Crippen LogP contribution in [0, 0.1) is 0 Å². The van der Waals surface area contributed by atoms with Crippen LogP contribution in [0.2, 0.25) is 0 Å². The van der Waals surface area contributed by atoms with Gasteiger partial charge in [0.1, 0.15) is 5.75 Å². The predicted octanol–water partition coefficient (Wildman–Crippen LogP) is 2.38. The van der Waals surface area contributed by atoms with E-state index in [0.717, 1.165) is 36.6 Å². The SMILES string of the molecule is COc1ccccc1C1(O)CCN(Cc2cn[nH]c2-c2cccs2)CC1.O=C(O)CC(O)(CC(=O)O)C(=O)O. The zero-order valence-electron chi connectivity index (χ0n) is 21.2. The zero-order chi connectivity index (χ0) is 28.6. The number of hydrogen-bond acceptors (Lipinski definition) is 9. The summed E-state index contributed by atoms with van der Waals surface area (Å²) in [5.41, 5.74) is -0.362. The van der Waals surface area contributed by atoms with Crippen LogP contribution in [-0.2, 0) is 26.5 Å². The van der Waals surface area contributed by atoms with Crippen LogP contribution < -0.4 is 4.74 Å². The molecular weight excluding hydrogens is 530 g/mol. The van der Waals surface area contributed by atoms with Gasteiger partial charge in [0.2, 0.25) is 0 Å². The lowest BCUT2D eigenvalue weighted by molar-refractivity contribution is -0.170. The molecule has 0 amide bonds. The molecule has 1 aromatic carbocycles. The van der Waals surface area contributed by atoms with Crippen molar-refractivity contribution in [3.8, 4) is 16.3 Å². The first-order chi connectivity index (χ1) is 18.5. The maximum Gasteiger partial charge on any atom is 0.336 e. The normalized spacial score (nSPS) is 15.2. The maximum absolute atomic E-state index is 11.2. The molecule has 39 heavy (non-hydrogen) atoms. The molecule has 1 aliphatic heterocycles. The largest absolute Gasteiger partial charge is 0.496 e. The van der Waals surface area contributed by atoms with Crippen molar-refractivity contribution in [2.24, 2.45) is 0 Å². The molecule has 0 unspecified atom stereocenters. The summed E-state index contributed by atoms with van der Waals surface area (Å²) in [5.74, 6) is -4.26. The van der Waals surface area contributed by atoms with Crippen LogP contribution in [0.1, 0.15) is 36.8 Å². The lowest BCUT2D eigenvalue weighted by Crippen LogP contribution is -2.42. The van der Waals surface area contributed by atoms with Gasteiger partial charge in [-0.05, 0) is 30.4 Å². The van der Waals surface area contributed by atoms with Gasteiger partial charge in [-0.15, -0.1) is 11.3 Å². The minimum Gasteiger partial charge on any atom is -0.496 e. The van der Waals surface area contributed by atoms with Crippen molar-refractivity contribution in [1.82, 2.24) is 15.1 Å². The Morgan fingerprint density at radius 3 is 2.26 bits per heavy atom. The minimum atomic E-state index is -2.74. The number of piperidine rings is 1. The number of carbonyl (C=O) groups is 3. The molecule has 0 radical (unpaired) electrons. The monoisotopic (exact) mass is 561 g/mol. The zero-order valence-corrected chi connectivity index (χ0v) is 22.1. The molecule has 6 N–H and O–H groups in total. The molecule has 0 spiro atoms. The van der Waals surface area contributed by atoms with Crippen LogP contribution >= 0.6 is 11.3 Å². The van der Waals surface area contributed by atoms with Gasteiger partial charge in [-0.25, -0.2) is 4.79 Å². The second kappa shape index (κ2) is 12.8. The number of benzene rings is 1. The van der Waals surface area contributed by atoms with Crippen molar-refractivity contribution in [1.29, 1.82) is 0 Å². The van der Waals surface area contributed by atoms with Crippen molar-refractivity contribution in [2.75, 3.05) is 20.2 Å². The van der Waals surface area contributed by atoms with Crippen LogP contribution in [0.5, 0.6) is 5.75 Å². The number of likely N-dealkylation sites (tertiary alicyclic amines) is 1. The van der Waals surface area contributed by atoms with Crippen molar-refractivity contribution < 1.29 is 44.7 Å². The Kier molecular flexibility index (Phi) is 9.81. The number of aliphatic carboxylic acids is 3. The van der Waals surface area contributed by atoms with Gasteiger partial charge in [-0.1, -0.05) is 24.3 Å². The second-order valence-electron chi connectivity index (χ2n) is 9.23. The van der Waals surface area contributed by atoms with Gasteiger partial charge in [-0.2, -0.15) is 5.10 Å². The van der Waals surface area contributed by atoms with E-state index < -0.39 is 42.0 Å². The number of hydrogen-bond donors (Lipinski definition) is 6. The molecular formula is C26H31N3O9S. The Morgan fingerprint density at radius 1 is 1.08 bits per heavy atom. The summed E-state index contributed by atoms with van der Waals surface area (Å²) < 4.78 is 5.45. The smallest absolute Gasteiger partial charge is 0.336 e. The maximum atomic E-state index is 11.2. The summed E-state index contributed by atoms with van der Waals surface area (Å²) in [7, 11) is 1.66. The molecule has 3 heterocycles. The van der Waals surface area contributed by atoms with Crippen molar-refractivity contribution in [2.45, 2.75) is 43.4 Å². The molecule has 1 aliphatic rings. The number of nitrogens with one attached hydrogen (secondary N) is 1. The molecule has 0 bridgehead atoms. The van der Waals surface area contributed by atoms with Gasteiger partial charge in [0.05, 0.1) is 42.3 Å². The number of carboxylic acids is 3. The molecule has 0 aliphatic carbocycles. The second-order valence-corrected chi connectivity index (χ2v) is 10.2. The van der Waals surface area contributed by atoms with E-state index in [1.165, 1.54) is 10.4 Å². The summed E-state index contributed by atoms with van der Waals surface area (Å²) >= 11 is 1.71. The number of ether oxygens (including phenoxy) is 1. The van der Waals surface area contributed by atoms with Crippen molar-refractivity contribution >= 4 is 29.2 Å². The molecule has 3 aromatic rings. The fourth-order valence-corrected chi connectivity index (χ4v) is 5.16. The fraction of sp³-hybridized carbons (Fsp3) is 0.385. The van der Waals surface area contributed by atoms with E-state index >= 15 is 0 Å². The number of aromatic nitrogens is 2. The summed E-state index contributed by atoms with van der Waals surface area (Å²) in [6, 6.07) is 11.9. The molecule has 0 saturated carbocycles. The van der Waals surface area contributed by atoms with Gasteiger partial charge in [0, 0.05) is 30.8 Å². The Balaban J connectivity index is 0.000000276. The van der Waals surface area contributed by atoms with Crippen LogP contribution in [0.3, 0.4) is 0 Å². The molecule has 1 fully saturated rings. The van der Waals surface area contributed by atoms with Crippen LogP contribution in [0.4, 0.5) is 0 Å². The van der Waals surface area contributed by atoms with E-state index in [0.29, 0.717) is 12.8 Å². The van der Waals surface area contributed by atoms with E-state index in [2.05, 4.69) is 32.6 Å². The van der Waals surface area contributed by atoms with Gasteiger partial charge in [0.15, 0.2) is 5.60 Å². The quantitative estimate of drug-likeness (QED) is 0.213. The Morgan fingerprint density at radius 2 is 1.72 bits per heavy atom. The Hall–Kier alpha value is -3.78. The summed E-state index contributed by atoms with van der Waals surface area (Å²) in [6.07, 6.45) is 1.01. The van der Waals surface area contributed by atoms with Crippen LogP contribution in [-0.4, -0.2) is 84.3 Å². The van der Waals surface area contributed by atoms with E-state index in [1.54, 1.807) is 18.4 Å². The molecule has 12 nitrogen and oxygen atoms in total. The molecule has 13 heteroatoms. The third-order valence-electron chi connectivity index (χ3n) is 6.46. The van der Waals surface area contributed by atoms with E-state index in [9.17, 15) is 19.5 Å². The highest BCUT2D eigenvalue weighted by molar-refractivity contribution is 7.13. The van der Waals surface area contributed by atoms with E-state index in [1.807, 2.05) is 30.5 Å². The fourth-order valence-electron chi connectivity index (χ4n) is 4.40. The molecule has 210 valence electrons. The number of rotatable bonds is 10. The molecule has 0 atom stereocenters. The first-order valence-electron chi connectivity index (χ1n) is 12.0. The topological polar surface area (TPSA) is 194 Å². The number of thiophene rings is 1. The van der Waals surface area contributed by atoms with Crippen LogP contribution in [0.25, 0.3) is 10.6 Å². The number of carboxylic acid groups (broad SMARTS) is 3. The minimum absolute atomic E-state index is 0.694. The number of aromatic amines is 1. The molecule has 2 aromatic heterocycles. The van der Waals surface area contributed by atoms with E-state index in [4.69, 9.17) is 25.2 Å². The number of nitrogens with zero attached hydrogens (tertiary/aromatic N) is 2. The number of para-hydroxylation sites is 1. The highest BCUT2D eigenvalue weighted by Crippen LogP contribution is 2.38. The first kappa shape index (κ1) is 29.8. The number of methoxy groups -OCH3 is 1. The summed E-state index contributed by atoms with van der Waals surface area (Å²) in [5, 5.41) is 54.4. The number of H-pyrrole nitrogens is 1. The van der Waals surface area contributed by atoms with Gasteiger partial charge < -0.3 is 30.3 Å². The predicted molar refractivity (Wildman–Crippen MR) is 140 cm³/mol. The highest BCUT2D eigenvalue weighted by atomic mass is 32.1. The third kappa shape index (κ3) is 7.63. The van der Waals surface area contributed by atoms with Crippen LogP contribution in [0.15, 0.2) is 48.0 Å². The lowest BCUT2D eigenvalue weighted by Gasteiger charge is -2.39. The van der Waals surface area contributed by atoms with Crippen molar-refractivity contribution in [3.63, 3.8) is 0 Å². The Bertz CT molecular complexity index is 1250. The van der Waals surface area contributed by atoms with Crippen molar-refractivity contribution in [3.05, 3.63) is 59.1 Å². The molecule has 1 saturated heterocycles. The third-order valence-corrected chi connectivity index (χ3v) is 7.34. The van der Waals surface area contributed by atoms with Gasteiger partial charge in [0.25, 0.3) is 0 Å². The first-order valence-corrected chi connectivity index (χ1v) is 12.9. The average Bonchev–Trinajstić information content (AvgIpc) is 3.57. The van der Waals surface area contributed by atoms with Gasteiger partial charge >= 0.3 is 17.9 Å². The lowest BCUT2D eigenvalue weighted by atomic mass is 9.84. The highest BCUT2D eigenvalue weighted by Gasteiger charge is 2.41. The Labute approximate surface area is 228 Å². The summed E-state index contributed by atoms with van der Waals surface area (Å²) in [4.78, 5) is 34.1. The number of aliphatic hydroxyl groups is 2. The molecule has 4 rings (SSSR count). The average molecular weight is 562 g/mol. The van der Waals surface area contributed by atoms with E-state index in [-0.39, 0.29) is 0 Å².